The fraction of sp³-hybridized carbons (Fsp3) is 0.643. The van der Waals surface area contributed by atoms with E-state index in [9.17, 15) is 0 Å². The van der Waals surface area contributed by atoms with Crippen molar-refractivity contribution in [3.63, 3.8) is 0 Å². The second kappa shape index (κ2) is 5.21. The molecule has 0 aromatic carbocycles. The van der Waals surface area contributed by atoms with Crippen molar-refractivity contribution in [2.45, 2.75) is 52.0 Å². The predicted octanol–water partition coefficient (Wildman–Crippen LogP) is 3.50. The van der Waals surface area contributed by atoms with Crippen molar-refractivity contribution in [2.24, 2.45) is 5.92 Å². The van der Waals surface area contributed by atoms with Crippen LogP contribution in [0.15, 0.2) is 12.1 Å². The number of aromatic nitrogens is 1. The van der Waals surface area contributed by atoms with Crippen LogP contribution < -0.4 is 0 Å². The molecule has 86 valence electrons. The monoisotopic (exact) mass is 216 g/mol. The van der Waals surface area contributed by atoms with Crippen LogP contribution in [0.25, 0.3) is 0 Å². The fourth-order valence-electron chi connectivity index (χ4n) is 2.85. The maximum absolute atomic E-state index is 9.00. The van der Waals surface area contributed by atoms with Gasteiger partial charge in [-0.25, -0.2) is 0 Å². The minimum absolute atomic E-state index is 0.813. The quantitative estimate of drug-likeness (QED) is 0.760. The van der Waals surface area contributed by atoms with Crippen molar-refractivity contribution >= 4 is 0 Å². The average Bonchev–Trinajstić information content (AvgIpc) is 2.72. The first kappa shape index (κ1) is 11.3. The summed E-state index contributed by atoms with van der Waals surface area (Å²) in [5, 5.41) is 9.00. The third-order valence-electron chi connectivity index (χ3n) is 3.72. The summed E-state index contributed by atoms with van der Waals surface area (Å²) in [5.41, 5.74) is 2.17. The fourth-order valence-corrected chi connectivity index (χ4v) is 2.85. The lowest BCUT2D eigenvalue weighted by atomic mass is 9.86. The summed E-state index contributed by atoms with van der Waals surface area (Å²) in [4.78, 5) is 0. The summed E-state index contributed by atoms with van der Waals surface area (Å²) in [6.07, 6.45) is 8.10. The second-order valence-corrected chi connectivity index (χ2v) is 4.77. The van der Waals surface area contributed by atoms with Crippen molar-refractivity contribution in [3.8, 4) is 6.07 Å². The molecule has 0 radical (unpaired) electrons. The van der Waals surface area contributed by atoms with Crippen LogP contribution in [0.5, 0.6) is 0 Å². The highest BCUT2D eigenvalue weighted by Crippen LogP contribution is 2.27. The molecule has 0 amide bonds. The number of nitrogens with zero attached hydrogens (tertiary/aromatic N) is 2. The van der Waals surface area contributed by atoms with Crippen LogP contribution in [0.1, 0.15) is 50.4 Å². The molecule has 0 spiro atoms. The molecule has 0 bridgehead atoms. The van der Waals surface area contributed by atoms with E-state index in [1.54, 1.807) is 0 Å². The van der Waals surface area contributed by atoms with Crippen LogP contribution in [-0.4, -0.2) is 4.57 Å². The number of rotatable bonds is 3. The van der Waals surface area contributed by atoms with E-state index >= 15 is 0 Å². The molecule has 1 aliphatic rings. The zero-order chi connectivity index (χ0) is 11.4. The predicted molar refractivity (Wildman–Crippen MR) is 65.1 cm³/mol. The molecule has 2 rings (SSSR count). The maximum Gasteiger partial charge on any atom is 0.120 e. The van der Waals surface area contributed by atoms with Gasteiger partial charge in [-0.2, -0.15) is 5.26 Å². The van der Waals surface area contributed by atoms with Gasteiger partial charge in [0.15, 0.2) is 0 Å². The van der Waals surface area contributed by atoms with Crippen molar-refractivity contribution < 1.29 is 0 Å². The lowest BCUT2D eigenvalue weighted by Gasteiger charge is -2.22. The molecule has 2 nitrogen and oxygen atoms in total. The Bertz CT molecular complexity index is 378. The molecule has 1 heterocycles. The summed E-state index contributed by atoms with van der Waals surface area (Å²) in [6, 6.07) is 6.36. The summed E-state index contributed by atoms with van der Waals surface area (Å²) in [5.74, 6) is 0.848. The minimum atomic E-state index is 0.813. The van der Waals surface area contributed by atoms with Gasteiger partial charge in [0.25, 0.3) is 0 Å². The molecule has 1 aromatic rings. The first-order valence-electron chi connectivity index (χ1n) is 6.43. The molecule has 0 atom stereocenters. The van der Waals surface area contributed by atoms with Gasteiger partial charge in [-0.1, -0.05) is 32.1 Å². The average molecular weight is 216 g/mol. The summed E-state index contributed by atoms with van der Waals surface area (Å²) in [6.45, 7) is 3.03. The molecule has 1 aromatic heterocycles. The molecule has 0 aliphatic heterocycles. The van der Waals surface area contributed by atoms with Crippen LogP contribution in [0.4, 0.5) is 0 Å². The zero-order valence-electron chi connectivity index (χ0n) is 10.1. The normalized spacial score (nSPS) is 17.2. The minimum Gasteiger partial charge on any atom is -0.337 e. The molecule has 0 saturated heterocycles. The molecular formula is C14H20N2. The van der Waals surface area contributed by atoms with Crippen molar-refractivity contribution in [1.82, 2.24) is 4.57 Å². The van der Waals surface area contributed by atoms with Gasteiger partial charge in [0.2, 0.25) is 0 Å². The summed E-state index contributed by atoms with van der Waals surface area (Å²) < 4.78 is 2.16. The van der Waals surface area contributed by atoms with Gasteiger partial charge in [-0.15, -0.1) is 0 Å². The Morgan fingerprint density at radius 2 is 2.06 bits per heavy atom. The van der Waals surface area contributed by atoms with Crippen LogP contribution in [-0.2, 0) is 13.0 Å². The van der Waals surface area contributed by atoms with Gasteiger partial charge in [0, 0.05) is 12.2 Å². The van der Waals surface area contributed by atoms with Crippen LogP contribution in [0.3, 0.4) is 0 Å². The third-order valence-corrected chi connectivity index (χ3v) is 3.72. The summed E-state index contributed by atoms with van der Waals surface area (Å²) >= 11 is 0. The van der Waals surface area contributed by atoms with Gasteiger partial charge in [0.05, 0.1) is 0 Å². The third kappa shape index (κ3) is 2.29. The smallest absolute Gasteiger partial charge is 0.120 e. The highest BCUT2D eigenvalue weighted by molar-refractivity contribution is 5.27. The Kier molecular flexibility index (Phi) is 3.66. The lowest BCUT2D eigenvalue weighted by Crippen LogP contribution is -2.12. The van der Waals surface area contributed by atoms with Gasteiger partial charge < -0.3 is 4.57 Å². The topological polar surface area (TPSA) is 28.7 Å². The number of nitriles is 1. The molecule has 2 heteroatoms. The second-order valence-electron chi connectivity index (χ2n) is 4.77. The molecule has 0 N–H and O–H groups in total. The SMILES string of the molecule is CCn1c(C#N)ccc1CC1CCCCC1. The van der Waals surface area contributed by atoms with Crippen LogP contribution >= 0.6 is 0 Å². The van der Waals surface area contributed by atoms with Crippen LogP contribution in [0.2, 0.25) is 0 Å². The van der Waals surface area contributed by atoms with Gasteiger partial charge in [0.1, 0.15) is 11.8 Å². The van der Waals surface area contributed by atoms with Crippen molar-refractivity contribution in [3.05, 3.63) is 23.5 Å². The number of hydrogen-bond acceptors (Lipinski definition) is 1. The van der Waals surface area contributed by atoms with Gasteiger partial charge in [-0.05, 0) is 31.4 Å². The standard InChI is InChI=1S/C14H20N2/c1-2-16-13(8-9-14(16)11-15)10-12-6-4-3-5-7-12/h8-9,12H,2-7,10H2,1H3. The molecule has 0 unspecified atom stereocenters. The largest absolute Gasteiger partial charge is 0.337 e. The molecular weight excluding hydrogens is 196 g/mol. The lowest BCUT2D eigenvalue weighted by molar-refractivity contribution is 0.351. The van der Waals surface area contributed by atoms with E-state index in [1.807, 2.05) is 6.07 Å². The van der Waals surface area contributed by atoms with E-state index in [0.29, 0.717) is 0 Å². The molecule has 1 fully saturated rings. The first-order valence-corrected chi connectivity index (χ1v) is 6.43. The Balaban J connectivity index is 2.08. The highest BCUT2D eigenvalue weighted by atomic mass is 15.0. The maximum atomic E-state index is 9.00. The van der Waals surface area contributed by atoms with E-state index in [-0.39, 0.29) is 0 Å². The Morgan fingerprint density at radius 1 is 1.31 bits per heavy atom. The Hall–Kier alpha value is -1.23. The molecule has 16 heavy (non-hydrogen) atoms. The Morgan fingerprint density at radius 3 is 2.69 bits per heavy atom. The van der Waals surface area contributed by atoms with Gasteiger partial charge in [-0.3, -0.25) is 0 Å². The van der Waals surface area contributed by atoms with Crippen LogP contribution in [0, 0.1) is 17.2 Å². The zero-order valence-corrected chi connectivity index (χ0v) is 10.1. The summed E-state index contributed by atoms with van der Waals surface area (Å²) in [7, 11) is 0. The van der Waals surface area contributed by atoms with Gasteiger partial charge >= 0.3 is 0 Å². The number of hydrogen-bond donors (Lipinski definition) is 0. The van der Waals surface area contributed by atoms with E-state index in [0.717, 1.165) is 24.6 Å². The molecule has 1 saturated carbocycles. The Labute approximate surface area is 97.9 Å². The van der Waals surface area contributed by atoms with Crippen molar-refractivity contribution in [1.29, 1.82) is 5.26 Å². The highest BCUT2D eigenvalue weighted by Gasteiger charge is 2.16. The van der Waals surface area contributed by atoms with E-state index in [1.165, 1.54) is 37.8 Å². The molecule has 1 aliphatic carbocycles. The first-order chi connectivity index (χ1) is 7.85. The van der Waals surface area contributed by atoms with E-state index < -0.39 is 0 Å². The van der Waals surface area contributed by atoms with E-state index in [4.69, 9.17) is 5.26 Å². The van der Waals surface area contributed by atoms with Crippen molar-refractivity contribution in [2.75, 3.05) is 0 Å². The van der Waals surface area contributed by atoms with E-state index in [2.05, 4.69) is 23.6 Å².